The van der Waals surface area contributed by atoms with E-state index >= 15 is 0 Å². The summed E-state index contributed by atoms with van der Waals surface area (Å²) in [5, 5.41) is 8.64. The SMILES string of the molecule is c1ccc(CCCc2nnc3n2CCCC3)cc1. The molecule has 0 saturated carbocycles. The van der Waals surface area contributed by atoms with Gasteiger partial charge in [-0.2, -0.15) is 0 Å². The fourth-order valence-corrected chi connectivity index (χ4v) is 2.65. The van der Waals surface area contributed by atoms with Crippen LogP contribution in [0.5, 0.6) is 0 Å². The topological polar surface area (TPSA) is 30.7 Å². The van der Waals surface area contributed by atoms with Crippen molar-refractivity contribution in [3.05, 3.63) is 47.5 Å². The van der Waals surface area contributed by atoms with Gasteiger partial charge < -0.3 is 4.57 Å². The van der Waals surface area contributed by atoms with Crippen molar-refractivity contribution in [1.29, 1.82) is 0 Å². The third-order valence-corrected chi connectivity index (χ3v) is 3.64. The summed E-state index contributed by atoms with van der Waals surface area (Å²) in [7, 11) is 0. The van der Waals surface area contributed by atoms with Crippen LogP contribution in [0.1, 0.15) is 36.5 Å². The molecule has 0 aliphatic carbocycles. The van der Waals surface area contributed by atoms with Crippen molar-refractivity contribution in [3.63, 3.8) is 0 Å². The van der Waals surface area contributed by atoms with Gasteiger partial charge in [-0.15, -0.1) is 10.2 Å². The number of nitrogens with zero attached hydrogens (tertiary/aromatic N) is 3. The third kappa shape index (κ3) is 2.45. The minimum Gasteiger partial charge on any atom is -0.315 e. The van der Waals surface area contributed by atoms with Crippen LogP contribution >= 0.6 is 0 Å². The second kappa shape index (κ2) is 5.34. The Morgan fingerprint density at radius 3 is 2.78 bits per heavy atom. The zero-order valence-corrected chi connectivity index (χ0v) is 10.7. The van der Waals surface area contributed by atoms with Gasteiger partial charge in [0.15, 0.2) is 0 Å². The summed E-state index contributed by atoms with van der Waals surface area (Å²) >= 11 is 0. The Balaban J connectivity index is 1.59. The van der Waals surface area contributed by atoms with E-state index in [2.05, 4.69) is 45.1 Å². The largest absolute Gasteiger partial charge is 0.315 e. The molecule has 2 heterocycles. The fraction of sp³-hybridized carbons (Fsp3) is 0.467. The van der Waals surface area contributed by atoms with Crippen molar-refractivity contribution in [3.8, 4) is 0 Å². The summed E-state index contributed by atoms with van der Waals surface area (Å²) < 4.78 is 2.33. The Hall–Kier alpha value is -1.64. The smallest absolute Gasteiger partial charge is 0.133 e. The van der Waals surface area contributed by atoms with Crippen molar-refractivity contribution in [2.45, 2.75) is 45.1 Å². The fourth-order valence-electron chi connectivity index (χ4n) is 2.65. The molecule has 0 saturated heterocycles. The van der Waals surface area contributed by atoms with E-state index in [4.69, 9.17) is 0 Å². The van der Waals surface area contributed by atoms with Gasteiger partial charge in [0.05, 0.1) is 0 Å². The van der Waals surface area contributed by atoms with E-state index in [1.54, 1.807) is 0 Å². The van der Waals surface area contributed by atoms with E-state index in [1.165, 1.54) is 30.1 Å². The van der Waals surface area contributed by atoms with E-state index in [0.717, 1.165) is 32.2 Å². The monoisotopic (exact) mass is 241 g/mol. The molecule has 0 fully saturated rings. The highest BCUT2D eigenvalue weighted by Crippen LogP contribution is 2.15. The van der Waals surface area contributed by atoms with E-state index in [1.807, 2.05) is 0 Å². The van der Waals surface area contributed by atoms with Crippen LogP contribution in [0.15, 0.2) is 30.3 Å². The zero-order valence-electron chi connectivity index (χ0n) is 10.7. The van der Waals surface area contributed by atoms with Gasteiger partial charge in [0, 0.05) is 19.4 Å². The Morgan fingerprint density at radius 2 is 1.89 bits per heavy atom. The van der Waals surface area contributed by atoms with Crippen molar-refractivity contribution in [2.75, 3.05) is 0 Å². The van der Waals surface area contributed by atoms with Crippen LogP contribution in [-0.4, -0.2) is 14.8 Å². The standard InChI is InChI=1S/C15H19N3/c1-2-7-13(8-3-1)9-6-11-15-17-16-14-10-4-5-12-18(14)15/h1-3,7-8H,4-6,9-12H2. The Kier molecular flexibility index (Phi) is 3.40. The molecule has 0 unspecified atom stereocenters. The minimum atomic E-state index is 1.04. The Bertz CT molecular complexity index is 502. The summed E-state index contributed by atoms with van der Waals surface area (Å²) in [4.78, 5) is 0. The summed E-state index contributed by atoms with van der Waals surface area (Å²) in [6, 6.07) is 10.7. The minimum absolute atomic E-state index is 1.04. The number of rotatable bonds is 4. The molecule has 0 radical (unpaired) electrons. The molecule has 0 amide bonds. The number of aromatic nitrogens is 3. The molecule has 1 aliphatic rings. The zero-order chi connectivity index (χ0) is 12.2. The van der Waals surface area contributed by atoms with Crippen LogP contribution < -0.4 is 0 Å². The lowest BCUT2D eigenvalue weighted by Crippen LogP contribution is -2.13. The molecule has 0 spiro atoms. The number of hydrogen-bond donors (Lipinski definition) is 0. The predicted molar refractivity (Wildman–Crippen MR) is 71.4 cm³/mol. The van der Waals surface area contributed by atoms with Gasteiger partial charge in [0.1, 0.15) is 11.6 Å². The molecule has 1 aromatic heterocycles. The van der Waals surface area contributed by atoms with Gasteiger partial charge >= 0.3 is 0 Å². The highest BCUT2D eigenvalue weighted by Gasteiger charge is 2.14. The quantitative estimate of drug-likeness (QED) is 0.824. The maximum Gasteiger partial charge on any atom is 0.133 e. The molecule has 3 heteroatoms. The summed E-state index contributed by atoms with van der Waals surface area (Å²) in [6.07, 6.45) is 6.97. The number of benzene rings is 1. The van der Waals surface area contributed by atoms with Crippen molar-refractivity contribution < 1.29 is 0 Å². The van der Waals surface area contributed by atoms with Crippen LogP contribution in [0.2, 0.25) is 0 Å². The first kappa shape index (κ1) is 11.5. The molecule has 0 atom stereocenters. The third-order valence-electron chi connectivity index (χ3n) is 3.64. The lowest BCUT2D eigenvalue weighted by Gasteiger charge is -2.14. The maximum atomic E-state index is 4.34. The van der Waals surface area contributed by atoms with Gasteiger partial charge in [-0.25, -0.2) is 0 Å². The first-order valence-corrected chi connectivity index (χ1v) is 6.88. The maximum absolute atomic E-state index is 4.34. The summed E-state index contributed by atoms with van der Waals surface area (Å²) in [6.45, 7) is 1.11. The van der Waals surface area contributed by atoms with Crippen molar-refractivity contribution in [2.24, 2.45) is 0 Å². The molecule has 0 bridgehead atoms. The lowest BCUT2D eigenvalue weighted by molar-refractivity contribution is 0.504. The van der Waals surface area contributed by atoms with Gasteiger partial charge in [-0.3, -0.25) is 0 Å². The molecule has 94 valence electrons. The van der Waals surface area contributed by atoms with Gasteiger partial charge in [0.2, 0.25) is 0 Å². The molecule has 1 aliphatic heterocycles. The van der Waals surface area contributed by atoms with Gasteiger partial charge in [0.25, 0.3) is 0 Å². The van der Waals surface area contributed by atoms with E-state index in [0.29, 0.717) is 0 Å². The van der Waals surface area contributed by atoms with Crippen LogP contribution in [0, 0.1) is 0 Å². The van der Waals surface area contributed by atoms with E-state index in [9.17, 15) is 0 Å². The van der Waals surface area contributed by atoms with Gasteiger partial charge in [-0.05, 0) is 31.2 Å². The molecule has 1 aromatic carbocycles. The number of hydrogen-bond acceptors (Lipinski definition) is 2. The first-order valence-electron chi connectivity index (χ1n) is 6.88. The second-order valence-corrected chi connectivity index (χ2v) is 4.98. The Labute approximate surface area is 108 Å². The van der Waals surface area contributed by atoms with E-state index < -0.39 is 0 Å². The molecule has 18 heavy (non-hydrogen) atoms. The molecule has 3 nitrogen and oxygen atoms in total. The van der Waals surface area contributed by atoms with Crippen molar-refractivity contribution >= 4 is 0 Å². The summed E-state index contributed by atoms with van der Waals surface area (Å²) in [5.74, 6) is 2.37. The average Bonchev–Trinajstić information content (AvgIpc) is 2.84. The van der Waals surface area contributed by atoms with E-state index in [-0.39, 0.29) is 0 Å². The molecular weight excluding hydrogens is 222 g/mol. The van der Waals surface area contributed by atoms with Crippen molar-refractivity contribution in [1.82, 2.24) is 14.8 Å². The number of aryl methyl sites for hydroxylation is 3. The Morgan fingerprint density at radius 1 is 1.00 bits per heavy atom. The molecular formula is C15H19N3. The van der Waals surface area contributed by atoms with Crippen LogP contribution in [0.25, 0.3) is 0 Å². The van der Waals surface area contributed by atoms with Crippen LogP contribution in [0.3, 0.4) is 0 Å². The molecule has 0 N–H and O–H groups in total. The first-order chi connectivity index (χ1) is 8.93. The number of fused-ring (bicyclic) bond motifs is 1. The lowest BCUT2D eigenvalue weighted by atomic mass is 10.1. The normalized spacial score (nSPS) is 14.4. The van der Waals surface area contributed by atoms with Crippen LogP contribution in [0.4, 0.5) is 0 Å². The van der Waals surface area contributed by atoms with Crippen LogP contribution in [-0.2, 0) is 25.8 Å². The molecule has 3 rings (SSSR count). The molecule has 2 aromatic rings. The summed E-state index contributed by atoms with van der Waals surface area (Å²) in [5.41, 5.74) is 1.41. The van der Waals surface area contributed by atoms with Gasteiger partial charge in [-0.1, -0.05) is 30.3 Å². The predicted octanol–water partition coefficient (Wildman–Crippen LogP) is 2.79. The average molecular weight is 241 g/mol. The second-order valence-electron chi connectivity index (χ2n) is 4.98. The highest BCUT2D eigenvalue weighted by atomic mass is 15.3. The highest BCUT2D eigenvalue weighted by molar-refractivity contribution is 5.14.